The second-order valence-electron chi connectivity index (χ2n) is 7.64. The summed E-state index contributed by atoms with van der Waals surface area (Å²) in [7, 11) is 1.57. The van der Waals surface area contributed by atoms with Crippen LogP contribution in [0.2, 0.25) is 0 Å². The molecule has 2 amide bonds. The molecule has 0 bridgehead atoms. The third-order valence-corrected chi connectivity index (χ3v) is 5.82. The van der Waals surface area contributed by atoms with Gasteiger partial charge in [0.1, 0.15) is 0 Å². The molecule has 2 aliphatic heterocycles. The van der Waals surface area contributed by atoms with E-state index in [0.29, 0.717) is 37.0 Å². The number of fused-ring (bicyclic) bond motifs is 1. The molecule has 0 spiro atoms. The number of nitrogens with one attached hydrogen (secondary N) is 1. The van der Waals surface area contributed by atoms with E-state index >= 15 is 0 Å². The smallest absolute Gasteiger partial charge is 0.256 e. The molecule has 0 radical (unpaired) electrons. The molecule has 1 saturated heterocycles. The number of nitrogens with zero attached hydrogens (tertiary/aromatic N) is 2. The van der Waals surface area contributed by atoms with Crippen LogP contribution in [0.4, 0.5) is 0 Å². The number of carbonyl (C=O) groups is 2. The molecule has 7 nitrogen and oxygen atoms in total. The molecule has 1 saturated carbocycles. The zero-order valence-electron chi connectivity index (χ0n) is 15.8. The van der Waals surface area contributed by atoms with E-state index in [1.54, 1.807) is 7.11 Å². The van der Waals surface area contributed by atoms with Crippen LogP contribution in [0, 0.1) is 0 Å². The molecule has 0 aromatic carbocycles. The monoisotopic (exact) mass is 373 g/mol. The number of amides is 2. The summed E-state index contributed by atoms with van der Waals surface area (Å²) in [5, 5.41) is 2.91. The molecule has 1 aliphatic carbocycles. The van der Waals surface area contributed by atoms with Crippen LogP contribution in [0.3, 0.4) is 0 Å². The van der Waals surface area contributed by atoms with E-state index in [1.165, 1.54) is 12.8 Å². The average molecular weight is 373 g/mol. The van der Waals surface area contributed by atoms with Crippen LogP contribution in [-0.4, -0.2) is 47.6 Å². The Bertz CT molecular complexity index is 724. The lowest BCUT2D eigenvalue weighted by Crippen LogP contribution is -2.33. The number of ether oxygens (including phenoxy) is 2. The van der Waals surface area contributed by atoms with E-state index < -0.39 is 0 Å². The molecule has 3 heterocycles. The lowest BCUT2D eigenvalue weighted by molar-refractivity contribution is -0.123. The van der Waals surface area contributed by atoms with E-state index in [2.05, 4.69) is 10.3 Å². The van der Waals surface area contributed by atoms with E-state index in [4.69, 9.17) is 9.47 Å². The first kappa shape index (κ1) is 18.2. The first-order chi connectivity index (χ1) is 13.2. The van der Waals surface area contributed by atoms with Gasteiger partial charge in [-0.25, -0.2) is 4.98 Å². The zero-order valence-corrected chi connectivity index (χ0v) is 15.8. The summed E-state index contributed by atoms with van der Waals surface area (Å²) in [5.41, 5.74) is 2.16. The van der Waals surface area contributed by atoms with Crippen molar-refractivity contribution in [3.8, 4) is 5.88 Å². The fourth-order valence-electron chi connectivity index (χ4n) is 4.36. The lowest BCUT2D eigenvalue weighted by Gasteiger charge is -2.22. The molecule has 1 atom stereocenters. The fraction of sp³-hybridized carbons (Fsp3) is 0.650. The Kier molecular flexibility index (Phi) is 5.29. The molecule has 27 heavy (non-hydrogen) atoms. The second-order valence-corrected chi connectivity index (χ2v) is 7.64. The SMILES string of the molecule is COc1nc2c(cc1CNC(=O)CC1CCCO1)C(=O)N(C1CCCC1)C2. The summed E-state index contributed by atoms with van der Waals surface area (Å²) in [6.07, 6.45) is 6.85. The first-order valence-electron chi connectivity index (χ1n) is 9.91. The Hall–Kier alpha value is -2.15. The summed E-state index contributed by atoms with van der Waals surface area (Å²) in [6.45, 7) is 1.59. The highest BCUT2D eigenvalue weighted by atomic mass is 16.5. The quantitative estimate of drug-likeness (QED) is 0.827. The number of hydrogen-bond donors (Lipinski definition) is 1. The van der Waals surface area contributed by atoms with Gasteiger partial charge in [-0.3, -0.25) is 9.59 Å². The van der Waals surface area contributed by atoms with Gasteiger partial charge in [-0.1, -0.05) is 12.8 Å². The number of aromatic nitrogens is 1. The van der Waals surface area contributed by atoms with Gasteiger partial charge in [0.05, 0.1) is 37.4 Å². The summed E-state index contributed by atoms with van der Waals surface area (Å²) in [4.78, 5) is 31.5. The third-order valence-electron chi connectivity index (χ3n) is 5.82. The molecule has 1 aromatic heterocycles. The van der Waals surface area contributed by atoms with Crippen LogP contribution in [0.5, 0.6) is 5.88 Å². The highest BCUT2D eigenvalue weighted by Crippen LogP contribution is 2.33. The van der Waals surface area contributed by atoms with Crippen molar-refractivity contribution >= 4 is 11.8 Å². The van der Waals surface area contributed by atoms with Crippen molar-refractivity contribution in [2.75, 3.05) is 13.7 Å². The molecule has 146 valence electrons. The van der Waals surface area contributed by atoms with E-state index in [1.807, 2.05) is 11.0 Å². The van der Waals surface area contributed by atoms with Gasteiger partial charge in [0.2, 0.25) is 11.8 Å². The molecular weight excluding hydrogens is 346 g/mol. The van der Waals surface area contributed by atoms with Crippen molar-refractivity contribution in [2.24, 2.45) is 0 Å². The Balaban J connectivity index is 1.44. The Morgan fingerprint density at radius 1 is 1.33 bits per heavy atom. The van der Waals surface area contributed by atoms with Crippen LogP contribution in [0.15, 0.2) is 6.07 Å². The van der Waals surface area contributed by atoms with Crippen molar-refractivity contribution < 1.29 is 19.1 Å². The number of hydrogen-bond acceptors (Lipinski definition) is 5. The lowest BCUT2D eigenvalue weighted by atomic mass is 10.1. The van der Waals surface area contributed by atoms with Crippen molar-refractivity contribution in [3.63, 3.8) is 0 Å². The predicted octanol–water partition coefficient (Wildman–Crippen LogP) is 2.17. The number of carbonyl (C=O) groups excluding carboxylic acids is 2. The normalized spacial score (nSPS) is 22.3. The third kappa shape index (κ3) is 3.78. The maximum absolute atomic E-state index is 12.8. The van der Waals surface area contributed by atoms with Gasteiger partial charge in [-0.2, -0.15) is 0 Å². The molecule has 1 N–H and O–H groups in total. The minimum Gasteiger partial charge on any atom is -0.481 e. The molecular formula is C20H27N3O4. The van der Waals surface area contributed by atoms with Crippen molar-refractivity contribution in [3.05, 3.63) is 22.9 Å². The molecule has 7 heteroatoms. The standard InChI is InChI=1S/C20H27N3O4/c1-26-19-13(11-21-18(24)10-15-7-4-8-27-15)9-16-17(22-19)12-23(20(16)25)14-5-2-3-6-14/h9,14-15H,2-8,10-12H2,1H3,(H,21,24). The summed E-state index contributed by atoms with van der Waals surface area (Å²) in [5.74, 6) is 0.481. The van der Waals surface area contributed by atoms with Gasteiger partial charge in [-0.05, 0) is 31.7 Å². The molecule has 2 fully saturated rings. The largest absolute Gasteiger partial charge is 0.481 e. The Labute approximate surface area is 159 Å². The number of methoxy groups -OCH3 is 1. The minimum absolute atomic E-state index is 0.0200. The second kappa shape index (κ2) is 7.84. The summed E-state index contributed by atoms with van der Waals surface area (Å²) < 4.78 is 10.9. The van der Waals surface area contributed by atoms with E-state index in [0.717, 1.165) is 43.5 Å². The zero-order chi connectivity index (χ0) is 18.8. The van der Waals surface area contributed by atoms with Crippen molar-refractivity contribution in [1.29, 1.82) is 0 Å². The summed E-state index contributed by atoms with van der Waals surface area (Å²) in [6, 6.07) is 2.16. The molecule has 3 aliphatic rings. The predicted molar refractivity (Wildman–Crippen MR) is 98.4 cm³/mol. The highest BCUT2D eigenvalue weighted by Gasteiger charge is 2.36. The average Bonchev–Trinajstić information content (AvgIpc) is 3.41. The maximum atomic E-state index is 12.8. The van der Waals surface area contributed by atoms with Crippen LogP contribution < -0.4 is 10.1 Å². The van der Waals surface area contributed by atoms with Crippen molar-refractivity contribution in [1.82, 2.24) is 15.2 Å². The summed E-state index contributed by atoms with van der Waals surface area (Å²) >= 11 is 0. The topological polar surface area (TPSA) is 80.8 Å². The van der Waals surface area contributed by atoms with E-state index in [-0.39, 0.29) is 17.9 Å². The van der Waals surface area contributed by atoms with Crippen LogP contribution in [0.1, 0.15) is 66.6 Å². The first-order valence-corrected chi connectivity index (χ1v) is 9.91. The fourth-order valence-corrected chi connectivity index (χ4v) is 4.36. The van der Waals surface area contributed by atoms with E-state index in [9.17, 15) is 9.59 Å². The highest BCUT2D eigenvalue weighted by molar-refractivity contribution is 5.98. The van der Waals surface area contributed by atoms with Gasteiger partial charge in [0.15, 0.2) is 0 Å². The van der Waals surface area contributed by atoms with Crippen molar-refractivity contribution in [2.45, 2.75) is 70.2 Å². The maximum Gasteiger partial charge on any atom is 0.256 e. The molecule has 1 aromatic rings. The van der Waals surface area contributed by atoms with Gasteiger partial charge in [0.25, 0.3) is 5.91 Å². The molecule has 4 rings (SSSR count). The Morgan fingerprint density at radius 3 is 2.85 bits per heavy atom. The van der Waals surface area contributed by atoms with Crippen LogP contribution >= 0.6 is 0 Å². The van der Waals surface area contributed by atoms with Gasteiger partial charge >= 0.3 is 0 Å². The number of rotatable bonds is 6. The van der Waals surface area contributed by atoms with Gasteiger partial charge in [0, 0.05) is 24.8 Å². The van der Waals surface area contributed by atoms with Gasteiger partial charge in [-0.15, -0.1) is 0 Å². The number of pyridine rings is 1. The van der Waals surface area contributed by atoms with Gasteiger partial charge < -0.3 is 19.7 Å². The van der Waals surface area contributed by atoms with Crippen LogP contribution in [-0.2, 0) is 22.6 Å². The van der Waals surface area contributed by atoms with Crippen LogP contribution in [0.25, 0.3) is 0 Å². The minimum atomic E-state index is -0.0524. The molecule has 1 unspecified atom stereocenters. The Morgan fingerprint density at radius 2 is 2.15 bits per heavy atom.